The second-order valence-electron chi connectivity index (χ2n) is 18.1. The van der Waals surface area contributed by atoms with Crippen LogP contribution in [0.5, 0.6) is 11.5 Å². The van der Waals surface area contributed by atoms with Crippen LogP contribution in [0.2, 0.25) is 0 Å². The minimum Gasteiger partial charge on any atom is -0.509 e. The van der Waals surface area contributed by atoms with Crippen LogP contribution in [0.1, 0.15) is 90.8 Å². The first-order chi connectivity index (χ1) is 28.9. The molecule has 0 aliphatic carbocycles. The van der Waals surface area contributed by atoms with Gasteiger partial charge in [0.25, 0.3) is 0 Å². The van der Waals surface area contributed by atoms with Crippen molar-refractivity contribution in [1.82, 2.24) is 9.55 Å². The van der Waals surface area contributed by atoms with E-state index in [-0.39, 0.29) is 31.9 Å². The molecule has 61 heavy (non-hydrogen) atoms. The number of fused-ring (bicyclic) bond motifs is 4. The fraction of sp³-hybridized carbons (Fsp3) is 0.236. The van der Waals surface area contributed by atoms with Crippen LogP contribution in [0.25, 0.3) is 38.8 Å². The molecule has 6 aromatic carbocycles. The molecule has 5 nitrogen and oxygen atoms in total. The van der Waals surface area contributed by atoms with Crippen molar-refractivity contribution in [3.8, 4) is 28.4 Å². The Hall–Kier alpha value is -5.64. The molecule has 0 unspecified atom stereocenters. The summed E-state index contributed by atoms with van der Waals surface area (Å²) in [4.78, 5) is 9.46. The molecule has 0 N–H and O–H groups in total. The first-order valence-corrected chi connectivity index (χ1v) is 21.3. The molecule has 1 aliphatic rings. The van der Waals surface area contributed by atoms with Gasteiger partial charge in [-0.1, -0.05) is 140 Å². The number of rotatable bonds is 9. The molecular formula is C55H53N4OPt-3. The normalized spacial score (nSPS) is 12.9. The second-order valence-corrected chi connectivity index (χ2v) is 18.1. The summed E-state index contributed by atoms with van der Waals surface area (Å²) in [6, 6.07) is 55.1. The summed E-state index contributed by atoms with van der Waals surface area (Å²) in [7, 11) is 0. The quantitative estimate of drug-likeness (QED) is 0.135. The molecule has 6 heteroatoms. The van der Waals surface area contributed by atoms with Crippen LogP contribution in [0, 0.1) is 18.8 Å². The van der Waals surface area contributed by atoms with Gasteiger partial charge in [0.1, 0.15) is 5.82 Å². The maximum absolute atomic E-state index is 6.85. The van der Waals surface area contributed by atoms with Crippen LogP contribution in [-0.4, -0.2) is 9.55 Å². The zero-order chi connectivity index (χ0) is 41.8. The van der Waals surface area contributed by atoms with Gasteiger partial charge in [-0.2, -0.15) is 6.07 Å². The second kappa shape index (κ2) is 16.7. The summed E-state index contributed by atoms with van der Waals surface area (Å²) in [5.74, 6) is 2.51. The van der Waals surface area contributed by atoms with E-state index in [4.69, 9.17) is 9.72 Å². The Morgan fingerprint density at radius 3 is 2.03 bits per heavy atom. The van der Waals surface area contributed by atoms with Crippen LogP contribution in [0.15, 0.2) is 140 Å². The van der Waals surface area contributed by atoms with Crippen molar-refractivity contribution in [3.05, 3.63) is 175 Å². The molecule has 0 radical (unpaired) electrons. The standard InChI is InChI=1S/C55H53N4O.Pt/c1-9-37(10-2)40-30-44(58-36-57(50-22-16-17-23-51(50)58)43-29-39(38-18-12-11-13-19-38)28-42(32-43)55(6,7)8)34-46(31-40)60-45-24-25-48-47-20-14-15-21-49(47)59(52(48)35-45)53-33-41(26-27-56-53)54(3,4)5;/h11-33,36-37H,9-10H2,1-8H3;/q-3;. The van der Waals surface area contributed by atoms with Crippen molar-refractivity contribution < 1.29 is 25.8 Å². The maximum atomic E-state index is 6.85. The Kier molecular flexibility index (Phi) is 11.5. The van der Waals surface area contributed by atoms with E-state index in [9.17, 15) is 0 Å². The molecule has 8 aromatic rings. The SMILES string of the molecule is CCC(CC)c1cc(Oc2[c-]c3c(cc2)c2ccccc2n3-c2cc(C(C)(C)C)ccn2)[c-]c(N2[CH-]N(c3cc(-c4ccccc4)cc(C(C)(C)C)c3)c3ccccc32)c1.[Pt]. The number of anilines is 4. The minimum atomic E-state index is -0.0382. The number of benzene rings is 6. The van der Waals surface area contributed by atoms with Crippen molar-refractivity contribution in [2.24, 2.45) is 0 Å². The van der Waals surface area contributed by atoms with Gasteiger partial charge >= 0.3 is 0 Å². The molecule has 1 aliphatic heterocycles. The van der Waals surface area contributed by atoms with Crippen molar-refractivity contribution in [1.29, 1.82) is 0 Å². The largest absolute Gasteiger partial charge is 0.509 e. The summed E-state index contributed by atoms with van der Waals surface area (Å²) in [5.41, 5.74) is 12.3. The maximum Gasteiger partial charge on any atom is 0.135 e. The van der Waals surface area contributed by atoms with E-state index >= 15 is 0 Å². The molecule has 0 fully saturated rings. The third-order valence-corrected chi connectivity index (χ3v) is 12.0. The van der Waals surface area contributed by atoms with E-state index in [1.54, 1.807) is 0 Å². The molecule has 3 heterocycles. The van der Waals surface area contributed by atoms with Crippen molar-refractivity contribution in [2.75, 3.05) is 9.80 Å². The smallest absolute Gasteiger partial charge is 0.135 e. The number of hydrogen-bond acceptors (Lipinski definition) is 4. The van der Waals surface area contributed by atoms with E-state index in [1.807, 2.05) is 12.3 Å². The molecule has 0 amide bonds. The van der Waals surface area contributed by atoms with Crippen LogP contribution < -0.4 is 14.5 Å². The first kappa shape index (κ1) is 42.1. The summed E-state index contributed by atoms with van der Waals surface area (Å²) < 4.78 is 9.06. The van der Waals surface area contributed by atoms with Crippen molar-refractivity contribution in [3.63, 3.8) is 0 Å². The summed E-state index contributed by atoms with van der Waals surface area (Å²) in [5, 5.41) is 2.25. The van der Waals surface area contributed by atoms with Gasteiger partial charge in [-0.15, -0.1) is 53.6 Å². The molecule has 312 valence electrons. The molecule has 0 spiro atoms. The Morgan fingerprint density at radius 1 is 0.623 bits per heavy atom. The molecule has 9 rings (SSSR count). The molecular weight excluding hydrogens is 928 g/mol. The third-order valence-electron chi connectivity index (χ3n) is 12.0. The van der Waals surface area contributed by atoms with Crippen molar-refractivity contribution in [2.45, 2.75) is 85.0 Å². The van der Waals surface area contributed by atoms with Crippen LogP contribution >= 0.6 is 0 Å². The molecule has 0 saturated carbocycles. The number of nitrogens with zero attached hydrogens (tertiary/aromatic N) is 4. The van der Waals surface area contributed by atoms with Gasteiger partial charge in [-0.3, -0.25) is 0 Å². The minimum absolute atomic E-state index is 0. The fourth-order valence-electron chi connectivity index (χ4n) is 8.52. The Labute approximate surface area is 376 Å². The van der Waals surface area contributed by atoms with Crippen molar-refractivity contribution >= 4 is 44.6 Å². The summed E-state index contributed by atoms with van der Waals surface area (Å²) in [6.45, 7) is 20.3. The summed E-state index contributed by atoms with van der Waals surface area (Å²) in [6.07, 6.45) is 3.95. The predicted molar refractivity (Wildman–Crippen MR) is 250 cm³/mol. The monoisotopic (exact) mass is 980 g/mol. The molecule has 0 atom stereocenters. The van der Waals surface area contributed by atoms with E-state index in [2.05, 4.69) is 216 Å². The topological polar surface area (TPSA) is 33.5 Å². The number of para-hydroxylation sites is 3. The van der Waals surface area contributed by atoms with Crippen LogP contribution in [0.4, 0.5) is 22.7 Å². The average Bonchev–Trinajstić information content (AvgIpc) is 3.80. The van der Waals surface area contributed by atoms with E-state index in [0.717, 1.165) is 63.2 Å². The van der Waals surface area contributed by atoms with Gasteiger partial charge in [0.05, 0.1) is 0 Å². The molecule has 0 bridgehead atoms. The van der Waals surface area contributed by atoms with Gasteiger partial charge in [-0.05, 0) is 86.9 Å². The Balaban J connectivity index is 0.00000514. The van der Waals surface area contributed by atoms with E-state index < -0.39 is 0 Å². The van der Waals surface area contributed by atoms with Gasteiger partial charge < -0.3 is 19.1 Å². The summed E-state index contributed by atoms with van der Waals surface area (Å²) >= 11 is 0. The number of hydrogen-bond donors (Lipinski definition) is 0. The van der Waals surface area contributed by atoms with E-state index in [1.165, 1.54) is 27.8 Å². The average molecular weight is 981 g/mol. The first-order valence-electron chi connectivity index (χ1n) is 21.3. The van der Waals surface area contributed by atoms with Gasteiger partial charge in [0.15, 0.2) is 0 Å². The zero-order valence-electron chi connectivity index (χ0n) is 36.4. The number of ether oxygens (including phenoxy) is 1. The Morgan fingerprint density at radius 2 is 1.31 bits per heavy atom. The zero-order valence-corrected chi connectivity index (χ0v) is 38.6. The third kappa shape index (κ3) is 8.13. The molecule has 0 saturated heterocycles. The number of aromatic nitrogens is 2. The van der Waals surface area contributed by atoms with Gasteiger partial charge in [-0.25, -0.2) is 4.98 Å². The predicted octanol–water partition coefficient (Wildman–Crippen LogP) is 15.1. The van der Waals surface area contributed by atoms with Gasteiger partial charge in [0, 0.05) is 61.3 Å². The fourth-order valence-corrected chi connectivity index (χ4v) is 8.52. The Bertz CT molecular complexity index is 2840. The molecule has 2 aromatic heterocycles. The number of pyridine rings is 1. The van der Waals surface area contributed by atoms with E-state index in [0.29, 0.717) is 17.4 Å². The van der Waals surface area contributed by atoms with Crippen LogP contribution in [-0.2, 0) is 31.9 Å². The van der Waals surface area contributed by atoms with Crippen LogP contribution in [0.3, 0.4) is 0 Å². The van der Waals surface area contributed by atoms with Gasteiger partial charge in [0.2, 0.25) is 0 Å².